The lowest BCUT2D eigenvalue weighted by atomic mass is 10.2. The van der Waals surface area contributed by atoms with Crippen molar-refractivity contribution in [2.75, 3.05) is 24.6 Å². The van der Waals surface area contributed by atoms with Gasteiger partial charge in [-0.3, -0.25) is 4.90 Å². The molecular formula is C12H24N2S2. The third-order valence-corrected chi connectivity index (χ3v) is 4.25. The molecule has 1 saturated carbocycles. The molecule has 0 amide bonds. The van der Waals surface area contributed by atoms with Crippen LogP contribution in [-0.4, -0.2) is 40.5 Å². The lowest BCUT2D eigenvalue weighted by Crippen LogP contribution is -2.40. The molecule has 0 aromatic carbocycles. The summed E-state index contributed by atoms with van der Waals surface area (Å²) in [6, 6.07) is 0.744. The Bertz CT molecular complexity index is 203. The van der Waals surface area contributed by atoms with Gasteiger partial charge in [0, 0.05) is 12.6 Å². The summed E-state index contributed by atoms with van der Waals surface area (Å²) in [4.78, 5) is 3.15. The SMILES string of the molecule is CCSCCCN(CC(N)=S)C1CCCC1. The van der Waals surface area contributed by atoms with Crippen molar-refractivity contribution in [2.24, 2.45) is 5.73 Å². The van der Waals surface area contributed by atoms with Crippen molar-refractivity contribution >= 4 is 29.0 Å². The average Bonchev–Trinajstić information content (AvgIpc) is 2.75. The van der Waals surface area contributed by atoms with Gasteiger partial charge in [-0.2, -0.15) is 11.8 Å². The van der Waals surface area contributed by atoms with Crippen LogP contribution in [0.4, 0.5) is 0 Å². The predicted octanol–water partition coefficient (Wildman–Crippen LogP) is 2.66. The number of nitrogens with two attached hydrogens (primary N) is 1. The minimum atomic E-state index is 0.648. The number of hydrogen-bond acceptors (Lipinski definition) is 3. The summed E-state index contributed by atoms with van der Waals surface area (Å²) in [6.45, 7) is 4.19. The first-order valence-corrected chi connectivity index (χ1v) is 7.90. The molecule has 0 radical (unpaired) electrons. The van der Waals surface area contributed by atoms with Crippen LogP contribution in [0.25, 0.3) is 0 Å². The molecule has 16 heavy (non-hydrogen) atoms. The number of nitrogens with zero attached hydrogens (tertiary/aromatic N) is 1. The van der Waals surface area contributed by atoms with E-state index in [9.17, 15) is 0 Å². The van der Waals surface area contributed by atoms with Crippen molar-refractivity contribution < 1.29 is 0 Å². The van der Waals surface area contributed by atoms with E-state index in [2.05, 4.69) is 11.8 Å². The Hall–Kier alpha value is 0.200. The second-order valence-electron chi connectivity index (χ2n) is 4.43. The zero-order chi connectivity index (χ0) is 11.8. The van der Waals surface area contributed by atoms with Gasteiger partial charge < -0.3 is 5.73 Å². The summed E-state index contributed by atoms with van der Waals surface area (Å²) < 4.78 is 0. The van der Waals surface area contributed by atoms with Gasteiger partial charge in [0.25, 0.3) is 0 Å². The fraction of sp³-hybridized carbons (Fsp3) is 0.917. The first-order valence-electron chi connectivity index (χ1n) is 6.34. The maximum Gasteiger partial charge on any atom is 0.0870 e. The molecule has 0 bridgehead atoms. The fourth-order valence-corrected chi connectivity index (χ4v) is 3.16. The fourth-order valence-electron chi connectivity index (χ4n) is 2.37. The quantitative estimate of drug-likeness (QED) is 0.537. The number of rotatable bonds is 8. The normalized spacial score (nSPS) is 17.1. The Labute approximate surface area is 109 Å². The molecule has 1 fully saturated rings. The molecule has 2 N–H and O–H groups in total. The molecule has 2 nitrogen and oxygen atoms in total. The Balaban J connectivity index is 2.28. The molecule has 94 valence electrons. The van der Waals surface area contributed by atoms with E-state index in [-0.39, 0.29) is 0 Å². The Morgan fingerprint density at radius 1 is 1.44 bits per heavy atom. The summed E-state index contributed by atoms with van der Waals surface area (Å²) in [7, 11) is 0. The molecule has 0 saturated heterocycles. The smallest absolute Gasteiger partial charge is 0.0870 e. The summed E-state index contributed by atoms with van der Waals surface area (Å²) in [5.74, 6) is 2.48. The number of thioether (sulfide) groups is 1. The van der Waals surface area contributed by atoms with Crippen molar-refractivity contribution in [1.29, 1.82) is 0 Å². The topological polar surface area (TPSA) is 29.3 Å². The molecule has 4 heteroatoms. The van der Waals surface area contributed by atoms with Crippen LogP contribution in [0.5, 0.6) is 0 Å². The van der Waals surface area contributed by atoms with E-state index in [4.69, 9.17) is 18.0 Å². The largest absolute Gasteiger partial charge is 0.392 e. The highest BCUT2D eigenvalue weighted by Crippen LogP contribution is 2.23. The third-order valence-electron chi connectivity index (χ3n) is 3.14. The van der Waals surface area contributed by atoms with Gasteiger partial charge in [-0.1, -0.05) is 32.0 Å². The molecule has 0 aromatic heterocycles. The van der Waals surface area contributed by atoms with Crippen molar-refractivity contribution in [3.63, 3.8) is 0 Å². The van der Waals surface area contributed by atoms with Crippen molar-refractivity contribution in [1.82, 2.24) is 4.90 Å². The van der Waals surface area contributed by atoms with Crippen LogP contribution in [0.2, 0.25) is 0 Å². The van der Waals surface area contributed by atoms with Crippen molar-refractivity contribution in [3.8, 4) is 0 Å². The van der Waals surface area contributed by atoms with Gasteiger partial charge in [0.1, 0.15) is 0 Å². The second kappa shape index (κ2) is 8.31. The van der Waals surface area contributed by atoms with Crippen molar-refractivity contribution in [3.05, 3.63) is 0 Å². The van der Waals surface area contributed by atoms with Crippen molar-refractivity contribution in [2.45, 2.75) is 45.1 Å². The van der Waals surface area contributed by atoms with E-state index in [1.54, 1.807) is 0 Å². The van der Waals surface area contributed by atoms with Crippen LogP contribution in [0.1, 0.15) is 39.0 Å². The molecule has 0 unspecified atom stereocenters. The van der Waals surface area contributed by atoms with E-state index in [0.29, 0.717) is 4.99 Å². The van der Waals surface area contributed by atoms with E-state index in [1.807, 2.05) is 11.8 Å². The van der Waals surface area contributed by atoms with Crippen LogP contribution >= 0.6 is 24.0 Å². The molecule has 1 rings (SSSR count). The standard InChI is InChI=1S/C12H24N2S2/c1-2-16-9-5-8-14(10-12(13)15)11-6-3-4-7-11/h11H,2-10H2,1H3,(H2,13,15). The zero-order valence-electron chi connectivity index (χ0n) is 10.3. The lowest BCUT2D eigenvalue weighted by molar-refractivity contribution is 0.228. The summed E-state index contributed by atoms with van der Waals surface area (Å²) in [5, 5.41) is 0. The van der Waals surface area contributed by atoms with Gasteiger partial charge in [-0.15, -0.1) is 0 Å². The second-order valence-corrected chi connectivity index (χ2v) is 6.34. The van der Waals surface area contributed by atoms with Crippen LogP contribution in [0, 0.1) is 0 Å². The Kier molecular flexibility index (Phi) is 7.41. The van der Waals surface area contributed by atoms with Gasteiger partial charge >= 0.3 is 0 Å². The minimum absolute atomic E-state index is 0.648. The summed E-state index contributed by atoms with van der Waals surface area (Å²) >= 11 is 7.06. The number of hydrogen-bond donors (Lipinski definition) is 1. The van der Waals surface area contributed by atoms with E-state index < -0.39 is 0 Å². The Morgan fingerprint density at radius 3 is 2.69 bits per heavy atom. The lowest BCUT2D eigenvalue weighted by Gasteiger charge is -2.28. The van der Waals surface area contributed by atoms with Gasteiger partial charge in [0.15, 0.2) is 0 Å². The first-order chi connectivity index (χ1) is 7.74. The van der Waals surface area contributed by atoms with E-state index in [0.717, 1.165) is 19.1 Å². The van der Waals surface area contributed by atoms with Crippen LogP contribution in [0.15, 0.2) is 0 Å². The Morgan fingerprint density at radius 2 is 2.12 bits per heavy atom. The summed E-state index contributed by atoms with van der Waals surface area (Å²) in [6.07, 6.45) is 6.69. The van der Waals surface area contributed by atoms with Gasteiger partial charge in [0.2, 0.25) is 0 Å². The molecule has 1 aliphatic carbocycles. The van der Waals surface area contributed by atoms with E-state index in [1.165, 1.54) is 43.6 Å². The molecule has 0 spiro atoms. The maximum absolute atomic E-state index is 5.68. The average molecular weight is 260 g/mol. The molecule has 0 atom stereocenters. The highest BCUT2D eigenvalue weighted by molar-refractivity contribution is 7.99. The number of thiocarbonyl (C=S) groups is 1. The van der Waals surface area contributed by atoms with Crippen LogP contribution in [-0.2, 0) is 0 Å². The highest BCUT2D eigenvalue weighted by atomic mass is 32.2. The van der Waals surface area contributed by atoms with Crippen LogP contribution in [0.3, 0.4) is 0 Å². The molecule has 0 heterocycles. The van der Waals surface area contributed by atoms with Gasteiger partial charge in [-0.25, -0.2) is 0 Å². The molecule has 1 aliphatic rings. The molecule has 0 aromatic rings. The highest BCUT2D eigenvalue weighted by Gasteiger charge is 2.22. The third kappa shape index (κ3) is 5.51. The van der Waals surface area contributed by atoms with Gasteiger partial charge in [0.05, 0.1) is 4.99 Å². The molecular weight excluding hydrogens is 236 g/mol. The maximum atomic E-state index is 5.68. The monoisotopic (exact) mass is 260 g/mol. The van der Waals surface area contributed by atoms with E-state index >= 15 is 0 Å². The predicted molar refractivity (Wildman–Crippen MR) is 78.2 cm³/mol. The van der Waals surface area contributed by atoms with Gasteiger partial charge in [-0.05, 0) is 37.3 Å². The van der Waals surface area contributed by atoms with Crippen LogP contribution < -0.4 is 5.73 Å². The zero-order valence-corrected chi connectivity index (χ0v) is 11.9. The summed E-state index contributed by atoms with van der Waals surface area (Å²) in [5.41, 5.74) is 5.68. The minimum Gasteiger partial charge on any atom is -0.392 e. The first kappa shape index (κ1) is 14.3. The molecule has 0 aliphatic heterocycles.